The van der Waals surface area contributed by atoms with Gasteiger partial charge in [0, 0.05) is 40.1 Å². The quantitative estimate of drug-likeness (QED) is 0.700. The van der Waals surface area contributed by atoms with E-state index in [0.29, 0.717) is 0 Å². The third-order valence-electron chi connectivity index (χ3n) is 1.95. The summed E-state index contributed by atoms with van der Waals surface area (Å²) < 4.78 is 0. The Balaban J connectivity index is 2.97. The molecule has 0 aliphatic heterocycles. The van der Waals surface area contributed by atoms with Gasteiger partial charge >= 0.3 is 0 Å². The van der Waals surface area contributed by atoms with E-state index in [-0.39, 0.29) is 0 Å². The molecule has 0 aliphatic rings. The highest BCUT2D eigenvalue weighted by molar-refractivity contribution is 5.61. The summed E-state index contributed by atoms with van der Waals surface area (Å²) in [5.41, 5.74) is 1.10. The average Bonchev–Trinajstić information content (AvgIpc) is 2.16. The fourth-order valence-electron chi connectivity index (χ4n) is 1.39. The van der Waals surface area contributed by atoms with Crippen LogP contribution >= 0.6 is 0 Å². The van der Waals surface area contributed by atoms with Crippen molar-refractivity contribution in [3.05, 3.63) is 24.5 Å². The molecule has 4 nitrogen and oxygen atoms in total. The van der Waals surface area contributed by atoms with Gasteiger partial charge < -0.3 is 9.80 Å². The zero-order chi connectivity index (χ0) is 11.4. The summed E-state index contributed by atoms with van der Waals surface area (Å²) in [7, 11) is 5.91. The van der Waals surface area contributed by atoms with Crippen molar-refractivity contribution in [2.75, 3.05) is 37.5 Å². The number of hydrogen-bond acceptors (Lipinski definition) is 4. The number of rotatable bonds is 4. The van der Waals surface area contributed by atoms with Crippen molar-refractivity contribution < 1.29 is 0 Å². The maximum Gasteiger partial charge on any atom is 0.171 e. The molecule has 0 saturated carbocycles. The first-order chi connectivity index (χ1) is 7.02. The molecule has 0 aliphatic carbocycles. The molecule has 1 rings (SSSR count). The van der Waals surface area contributed by atoms with Crippen LogP contribution in [0.2, 0.25) is 0 Å². The zero-order valence-corrected chi connectivity index (χ0v) is 9.86. The molecular weight excluding hydrogens is 188 g/mol. The molecular formula is C11H18N4. The van der Waals surface area contributed by atoms with Crippen molar-refractivity contribution in [3.8, 4) is 0 Å². The third-order valence-corrected chi connectivity index (χ3v) is 1.95. The van der Waals surface area contributed by atoms with Crippen LogP contribution in [0.1, 0.15) is 6.92 Å². The van der Waals surface area contributed by atoms with E-state index in [1.165, 1.54) is 0 Å². The second-order valence-electron chi connectivity index (χ2n) is 3.91. The van der Waals surface area contributed by atoms with Gasteiger partial charge in [-0.05, 0) is 6.92 Å². The number of hydrogen-bond donors (Lipinski definition) is 0. The van der Waals surface area contributed by atoms with Crippen molar-refractivity contribution in [1.29, 1.82) is 0 Å². The minimum absolute atomic E-state index is 0.791. The smallest absolute Gasteiger partial charge is 0.171 e. The van der Waals surface area contributed by atoms with Crippen LogP contribution in [0, 0.1) is 0 Å². The number of nitrogens with zero attached hydrogens (tertiary/aromatic N) is 4. The van der Waals surface area contributed by atoms with Gasteiger partial charge in [0.2, 0.25) is 0 Å². The van der Waals surface area contributed by atoms with Crippen LogP contribution in [0.15, 0.2) is 24.5 Å². The molecule has 15 heavy (non-hydrogen) atoms. The van der Waals surface area contributed by atoms with Crippen LogP contribution in [-0.4, -0.2) is 37.7 Å². The first-order valence-corrected chi connectivity index (χ1v) is 4.86. The molecule has 1 aromatic rings. The van der Waals surface area contributed by atoms with E-state index in [0.717, 1.165) is 23.8 Å². The number of anilines is 2. The van der Waals surface area contributed by atoms with Crippen molar-refractivity contribution >= 4 is 11.6 Å². The topological polar surface area (TPSA) is 32.3 Å². The standard InChI is InChI=1S/C11H18N4/c1-9(2)8-15(5)11-10(14(3)4)12-6-7-13-11/h6-7H,1,8H2,2-5H3. The van der Waals surface area contributed by atoms with E-state index in [1.807, 2.05) is 37.9 Å². The molecule has 4 heteroatoms. The van der Waals surface area contributed by atoms with Gasteiger partial charge in [-0.2, -0.15) is 0 Å². The van der Waals surface area contributed by atoms with Gasteiger partial charge in [-0.15, -0.1) is 0 Å². The van der Waals surface area contributed by atoms with Crippen molar-refractivity contribution in [3.63, 3.8) is 0 Å². The summed E-state index contributed by atoms with van der Waals surface area (Å²) in [6.45, 7) is 6.69. The van der Waals surface area contributed by atoms with Gasteiger partial charge in [0.25, 0.3) is 0 Å². The van der Waals surface area contributed by atoms with Gasteiger partial charge in [-0.3, -0.25) is 0 Å². The number of aromatic nitrogens is 2. The third kappa shape index (κ3) is 2.94. The Hall–Kier alpha value is -1.58. The fourth-order valence-corrected chi connectivity index (χ4v) is 1.39. The summed E-state index contributed by atoms with van der Waals surface area (Å²) in [6, 6.07) is 0. The van der Waals surface area contributed by atoms with E-state index in [2.05, 4.69) is 16.5 Å². The van der Waals surface area contributed by atoms with Gasteiger partial charge in [0.1, 0.15) is 0 Å². The minimum Gasteiger partial charge on any atom is -0.360 e. The Morgan fingerprint density at radius 3 is 2.20 bits per heavy atom. The molecule has 1 aromatic heterocycles. The minimum atomic E-state index is 0.791. The SMILES string of the molecule is C=C(C)CN(C)c1nccnc1N(C)C. The maximum atomic E-state index is 4.33. The summed E-state index contributed by atoms with van der Waals surface area (Å²) in [6.07, 6.45) is 3.41. The lowest BCUT2D eigenvalue weighted by molar-refractivity contribution is 0.924. The molecule has 0 bridgehead atoms. The first kappa shape index (κ1) is 11.5. The van der Waals surface area contributed by atoms with Crippen LogP contribution in [0.25, 0.3) is 0 Å². The molecule has 0 N–H and O–H groups in total. The van der Waals surface area contributed by atoms with Gasteiger partial charge in [0.05, 0.1) is 0 Å². The normalized spacial score (nSPS) is 9.87. The van der Waals surface area contributed by atoms with E-state index in [4.69, 9.17) is 0 Å². The summed E-state index contributed by atoms with van der Waals surface area (Å²) in [5, 5.41) is 0. The molecule has 0 atom stereocenters. The predicted octanol–water partition coefficient (Wildman–Crippen LogP) is 1.55. The highest BCUT2D eigenvalue weighted by atomic mass is 15.2. The lowest BCUT2D eigenvalue weighted by atomic mass is 10.3. The molecule has 0 fully saturated rings. The van der Waals surface area contributed by atoms with Gasteiger partial charge in [-0.25, -0.2) is 9.97 Å². The summed E-state index contributed by atoms with van der Waals surface area (Å²) in [5.74, 6) is 1.76. The van der Waals surface area contributed by atoms with Crippen LogP contribution in [0.5, 0.6) is 0 Å². The van der Waals surface area contributed by atoms with Gasteiger partial charge in [-0.1, -0.05) is 12.2 Å². The Morgan fingerprint density at radius 2 is 1.73 bits per heavy atom. The highest BCUT2D eigenvalue weighted by Crippen LogP contribution is 2.21. The Bertz CT molecular complexity index is 346. The van der Waals surface area contributed by atoms with Crippen LogP contribution < -0.4 is 9.80 Å². The van der Waals surface area contributed by atoms with E-state index < -0.39 is 0 Å². The van der Waals surface area contributed by atoms with Crippen LogP contribution in [0.3, 0.4) is 0 Å². The zero-order valence-electron chi connectivity index (χ0n) is 9.86. The molecule has 0 radical (unpaired) electrons. The lowest BCUT2D eigenvalue weighted by Crippen LogP contribution is -2.24. The fraction of sp³-hybridized carbons (Fsp3) is 0.455. The van der Waals surface area contributed by atoms with Gasteiger partial charge in [0.15, 0.2) is 11.6 Å². The van der Waals surface area contributed by atoms with Crippen molar-refractivity contribution in [2.45, 2.75) is 6.92 Å². The van der Waals surface area contributed by atoms with E-state index in [9.17, 15) is 0 Å². The largest absolute Gasteiger partial charge is 0.360 e. The average molecular weight is 206 g/mol. The Kier molecular flexibility index (Phi) is 3.66. The van der Waals surface area contributed by atoms with Crippen molar-refractivity contribution in [2.24, 2.45) is 0 Å². The van der Waals surface area contributed by atoms with Crippen LogP contribution in [-0.2, 0) is 0 Å². The molecule has 0 unspecified atom stereocenters. The first-order valence-electron chi connectivity index (χ1n) is 4.86. The lowest BCUT2D eigenvalue weighted by Gasteiger charge is -2.23. The molecule has 82 valence electrons. The summed E-state index contributed by atoms with van der Waals surface area (Å²) in [4.78, 5) is 12.6. The second kappa shape index (κ2) is 4.77. The molecule has 0 aromatic carbocycles. The number of likely N-dealkylation sites (N-methyl/N-ethyl adjacent to an activating group) is 1. The Morgan fingerprint density at radius 1 is 1.20 bits per heavy atom. The molecule has 0 saturated heterocycles. The monoisotopic (exact) mass is 206 g/mol. The van der Waals surface area contributed by atoms with E-state index in [1.54, 1.807) is 12.4 Å². The van der Waals surface area contributed by atoms with Crippen molar-refractivity contribution in [1.82, 2.24) is 9.97 Å². The van der Waals surface area contributed by atoms with E-state index >= 15 is 0 Å². The Labute approximate surface area is 91.3 Å². The molecule has 0 amide bonds. The highest BCUT2D eigenvalue weighted by Gasteiger charge is 2.11. The maximum absolute atomic E-state index is 4.33. The molecule has 1 heterocycles. The molecule has 0 spiro atoms. The van der Waals surface area contributed by atoms with Crippen LogP contribution in [0.4, 0.5) is 11.6 Å². The predicted molar refractivity (Wildman–Crippen MR) is 64.4 cm³/mol. The second-order valence-corrected chi connectivity index (χ2v) is 3.91. The summed E-state index contributed by atoms with van der Waals surface area (Å²) >= 11 is 0.